The fourth-order valence-electron chi connectivity index (χ4n) is 1.15. The van der Waals surface area contributed by atoms with Gasteiger partial charge in [0.15, 0.2) is 0 Å². The quantitative estimate of drug-likeness (QED) is 0.677. The lowest BCUT2D eigenvalue weighted by Gasteiger charge is -2.02. The fourth-order valence-corrected chi connectivity index (χ4v) is 1.15. The molecule has 0 spiro atoms. The van der Waals surface area contributed by atoms with Crippen molar-refractivity contribution in [2.45, 2.75) is 0 Å². The molecule has 0 bridgehead atoms. The summed E-state index contributed by atoms with van der Waals surface area (Å²) in [6.45, 7) is 0. The van der Waals surface area contributed by atoms with Gasteiger partial charge in [-0.2, -0.15) is 5.26 Å². The Morgan fingerprint density at radius 2 is 2.29 bits per heavy atom. The smallest absolute Gasteiger partial charge is 0.143 e. The summed E-state index contributed by atoms with van der Waals surface area (Å²) in [5, 5.41) is 16.0. The Labute approximate surface area is 79.2 Å². The van der Waals surface area contributed by atoms with Gasteiger partial charge in [0.25, 0.3) is 0 Å². The summed E-state index contributed by atoms with van der Waals surface area (Å²) in [5.41, 5.74) is 0.364. The molecular weight excluding hydrogens is 183 g/mol. The largest absolute Gasteiger partial charge is 0.219 e. The van der Waals surface area contributed by atoms with Gasteiger partial charge in [-0.05, 0) is 12.1 Å². The monoisotopic (exact) mass is 188 g/mol. The third-order valence-corrected chi connectivity index (χ3v) is 1.77. The Bertz CT molecular complexity index is 484. The van der Waals surface area contributed by atoms with Crippen molar-refractivity contribution in [3.05, 3.63) is 42.0 Å². The number of rotatable bonds is 1. The average molecular weight is 188 g/mol. The van der Waals surface area contributed by atoms with Crippen LogP contribution in [0.5, 0.6) is 0 Å². The first-order valence-electron chi connectivity index (χ1n) is 3.88. The Morgan fingerprint density at radius 1 is 1.43 bits per heavy atom. The second kappa shape index (κ2) is 3.26. The van der Waals surface area contributed by atoms with Crippen LogP contribution in [0.3, 0.4) is 0 Å². The molecule has 68 valence electrons. The summed E-state index contributed by atoms with van der Waals surface area (Å²) in [6, 6.07) is 6.15. The van der Waals surface area contributed by atoms with Gasteiger partial charge in [0, 0.05) is 0 Å². The highest BCUT2D eigenvalue weighted by molar-refractivity contribution is 5.48. The van der Waals surface area contributed by atoms with Gasteiger partial charge in [0.1, 0.15) is 17.4 Å². The Morgan fingerprint density at radius 3 is 2.93 bits per heavy atom. The van der Waals surface area contributed by atoms with Crippen molar-refractivity contribution < 1.29 is 4.39 Å². The van der Waals surface area contributed by atoms with Gasteiger partial charge >= 0.3 is 0 Å². The molecule has 0 saturated heterocycles. The fraction of sp³-hybridized carbons (Fsp3) is 0. The zero-order chi connectivity index (χ0) is 9.97. The summed E-state index contributed by atoms with van der Waals surface area (Å²) < 4.78 is 14.5. The SMILES string of the molecule is N#Cc1c(F)cccc1-n1ccnn1. The number of halogens is 1. The van der Waals surface area contributed by atoms with Crippen LogP contribution in [0.1, 0.15) is 5.56 Å². The minimum atomic E-state index is -0.555. The maximum atomic E-state index is 13.2. The highest BCUT2D eigenvalue weighted by Crippen LogP contribution is 2.15. The number of nitrogens with zero attached hydrogens (tertiary/aromatic N) is 4. The molecule has 1 heterocycles. The van der Waals surface area contributed by atoms with Crippen molar-refractivity contribution in [3.63, 3.8) is 0 Å². The predicted molar refractivity (Wildman–Crippen MR) is 46.0 cm³/mol. The lowest BCUT2D eigenvalue weighted by atomic mass is 10.2. The lowest BCUT2D eigenvalue weighted by molar-refractivity contribution is 0.620. The van der Waals surface area contributed by atoms with Crippen molar-refractivity contribution in [1.29, 1.82) is 5.26 Å². The summed E-state index contributed by atoms with van der Waals surface area (Å²) in [7, 11) is 0. The van der Waals surface area contributed by atoms with Gasteiger partial charge in [-0.15, -0.1) is 5.10 Å². The molecule has 0 amide bonds. The van der Waals surface area contributed by atoms with Crippen molar-refractivity contribution in [3.8, 4) is 11.8 Å². The van der Waals surface area contributed by atoms with Crippen LogP contribution in [0.15, 0.2) is 30.6 Å². The molecule has 5 heteroatoms. The third-order valence-electron chi connectivity index (χ3n) is 1.77. The highest BCUT2D eigenvalue weighted by atomic mass is 19.1. The average Bonchev–Trinajstić information content (AvgIpc) is 2.70. The number of hydrogen-bond acceptors (Lipinski definition) is 3. The third kappa shape index (κ3) is 1.23. The molecule has 0 aliphatic rings. The van der Waals surface area contributed by atoms with Gasteiger partial charge in [-0.3, -0.25) is 0 Å². The molecule has 2 rings (SSSR count). The second-order valence-electron chi connectivity index (χ2n) is 2.59. The number of nitriles is 1. The van der Waals surface area contributed by atoms with Crippen LogP contribution < -0.4 is 0 Å². The van der Waals surface area contributed by atoms with Crippen LogP contribution in [-0.4, -0.2) is 15.0 Å². The molecule has 0 saturated carbocycles. The molecule has 0 aliphatic heterocycles. The van der Waals surface area contributed by atoms with Crippen LogP contribution in [0.4, 0.5) is 4.39 Å². The van der Waals surface area contributed by atoms with E-state index in [0.29, 0.717) is 5.69 Å². The van der Waals surface area contributed by atoms with Crippen LogP contribution in [0.2, 0.25) is 0 Å². The lowest BCUT2D eigenvalue weighted by Crippen LogP contribution is -2.00. The zero-order valence-electron chi connectivity index (χ0n) is 7.05. The topological polar surface area (TPSA) is 54.5 Å². The standard InChI is InChI=1S/C9H5FN4/c10-8-2-1-3-9(7(8)6-11)14-5-4-12-13-14/h1-5H. The van der Waals surface area contributed by atoms with E-state index in [9.17, 15) is 4.39 Å². The van der Waals surface area contributed by atoms with Crippen molar-refractivity contribution in [2.24, 2.45) is 0 Å². The van der Waals surface area contributed by atoms with Gasteiger partial charge in [-0.1, -0.05) is 11.3 Å². The normalized spacial score (nSPS) is 9.71. The molecule has 1 aromatic carbocycles. The van der Waals surface area contributed by atoms with E-state index < -0.39 is 5.82 Å². The maximum Gasteiger partial charge on any atom is 0.143 e. The molecule has 1 aromatic heterocycles. The van der Waals surface area contributed by atoms with Crippen LogP contribution in [0.25, 0.3) is 5.69 Å². The molecule has 0 aliphatic carbocycles. The van der Waals surface area contributed by atoms with Crippen LogP contribution in [0, 0.1) is 17.1 Å². The molecule has 2 aromatic rings. The number of hydrogen-bond donors (Lipinski definition) is 0. The van der Waals surface area contributed by atoms with E-state index >= 15 is 0 Å². The molecule has 0 fully saturated rings. The van der Waals surface area contributed by atoms with E-state index in [1.807, 2.05) is 0 Å². The molecule has 0 unspecified atom stereocenters. The van der Waals surface area contributed by atoms with Gasteiger partial charge < -0.3 is 0 Å². The number of benzene rings is 1. The summed E-state index contributed by atoms with van der Waals surface area (Å²) in [4.78, 5) is 0. The molecule has 0 radical (unpaired) electrons. The van der Waals surface area contributed by atoms with Crippen molar-refractivity contribution >= 4 is 0 Å². The molecule has 14 heavy (non-hydrogen) atoms. The Kier molecular flexibility index (Phi) is 1.95. The minimum absolute atomic E-state index is 0.0296. The van der Waals surface area contributed by atoms with Crippen LogP contribution in [-0.2, 0) is 0 Å². The zero-order valence-corrected chi connectivity index (χ0v) is 7.05. The first-order valence-corrected chi connectivity index (χ1v) is 3.88. The number of aromatic nitrogens is 3. The van der Waals surface area contributed by atoms with E-state index in [1.165, 1.54) is 23.0 Å². The van der Waals surface area contributed by atoms with Crippen molar-refractivity contribution in [2.75, 3.05) is 0 Å². The second-order valence-corrected chi connectivity index (χ2v) is 2.59. The first kappa shape index (κ1) is 8.38. The summed E-state index contributed by atoms with van der Waals surface area (Å²) in [5.74, 6) is -0.555. The Hall–Kier alpha value is -2.22. The van der Waals surface area contributed by atoms with Gasteiger partial charge in [-0.25, -0.2) is 9.07 Å². The van der Waals surface area contributed by atoms with E-state index in [4.69, 9.17) is 5.26 Å². The van der Waals surface area contributed by atoms with Gasteiger partial charge in [0.05, 0.1) is 18.1 Å². The molecule has 4 nitrogen and oxygen atoms in total. The van der Waals surface area contributed by atoms with E-state index in [2.05, 4.69) is 10.3 Å². The Balaban J connectivity index is 2.66. The predicted octanol–water partition coefficient (Wildman–Crippen LogP) is 1.28. The van der Waals surface area contributed by atoms with Crippen molar-refractivity contribution in [1.82, 2.24) is 15.0 Å². The van der Waals surface area contributed by atoms with E-state index in [0.717, 1.165) is 0 Å². The highest BCUT2D eigenvalue weighted by Gasteiger charge is 2.09. The minimum Gasteiger partial charge on any atom is -0.219 e. The molecule has 0 atom stereocenters. The van der Waals surface area contributed by atoms with Gasteiger partial charge in [0.2, 0.25) is 0 Å². The van der Waals surface area contributed by atoms with E-state index in [1.54, 1.807) is 18.3 Å². The maximum absolute atomic E-state index is 13.2. The molecule has 0 N–H and O–H groups in total. The summed E-state index contributed by atoms with van der Waals surface area (Å²) in [6.07, 6.45) is 3.02. The summed E-state index contributed by atoms with van der Waals surface area (Å²) >= 11 is 0. The van der Waals surface area contributed by atoms with E-state index in [-0.39, 0.29) is 5.56 Å². The first-order chi connectivity index (χ1) is 6.83. The van der Waals surface area contributed by atoms with Crippen LogP contribution >= 0.6 is 0 Å². The molecular formula is C9H5FN4.